The van der Waals surface area contributed by atoms with Gasteiger partial charge in [-0.2, -0.15) is 0 Å². The quantitative estimate of drug-likeness (QED) is 0.749. The van der Waals surface area contributed by atoms with Gasteiger partial charge in [0.1, 0.15) is 11.6 Å². The normalized spacial score (nSPS) is 22.6. The Bertz CT molecular complexity index is 484. The number of benzene rings is 1. The summed E-state index contributed by atoms with van der Waals surface area (Å²) in [5, 5.41) is 20.8. The van der Waals surface area contributed by atoms with E-state index in [4.69, 9.17) is 5.11 Å². The molecule has 2 unspecified atom stereocenters. The van der Waals surface area contributed by atoms with Crippen LogP contribution in [0.25, 0.3) is 0 Å². The van der Waals surface area contributed by atoms with Gasteiger partial charge in [0.25, 0.3) is 0 Å². The molecule has 3 N–H and O–H groups in total. The first-order valence-corrected chi connectivity index (χ1v) is 5.83. The van der Waals surface area contributed by atoms with Gasteiger partial charge in [0.05, 0.1) is 24.4 Å². The first-order valence-electron chi connectivity index (χ1n) is 5.83. The van der Waals surface area contributed by atoms with E-state index in [0.717, 1.165) is 12.1 Å². The Balaban J connectivity index is 2.08. The summed E-state index contributed by atoms with van der Waals surface area (Å²) in [7, 11) is 0. The maximum absolute atomic E-state index is 13.4. The Labute approximate surface area is 108 Å². The third-order valence-electron chi connectivity index (χ3n) is 3.04. The highest BCUT2D eigenvalue weighted by molar-refractivity contribution is 5.89. The van der Waals surface area contributed by atoms with Crippen molar-refractivity contribution in [1.82, 2.24) is 4.90 Å². The van der Waals surface area contributed by atoms with Crippen molar-refractivity contribution in [2.45, 2.75) is 18.6 Å². The van der Waals surface area contributed by atoms with Crippen LogP contribution in [0.3, 0.4) is 0 Å². The minimum Gasteiger partial charge on any atom is -0.394 e. The maximum atomic E-state index is 13.4. The number of nitrogens with zero attached hydrogens (tertiary/aromatic N) is 1. The van der Waals surface area contributed by atoms with Crippen LogP contribution in [0.5, 0.6) is 0 Å². The number of β-amino-alcohol motifs (C(OH)–C–C–N with tert-alkyl or cyclic N) is 1. The number of halogens is 2. The molecule has 2 atom stereocenters. The zero-order valence-corrected chi connectivity index (χ0v) is 10.0. The first kappa shape index (κ1) is 13.7. The lowest BCUT2D eigenvalue weighted by Gasteiger charge is -2.23. The van der Waals surface area contributed by atoms with Crippen LogP contribution < -0.4 is 5.32 Å². The number of carbonyl (C=O) groups excluding carboxylic acids is 1. The summed E-state index contributed by atoms with van der Waals surface area (Å²) < 4.78 is 26.1. The minimum atomic E-state index is -0.881. The smallest absolute Gasteiger partial charge is 0.322 e. The Kier molecular flexibility index (Phi) is 3.96. The molecule has 0 aromatic heterocycles. The summed E-state index contributed by atoms with van der Waals surface area (Å²) in [6, 6.07) is 1.67. The van der Waals surface area contributed by atoms with Crippen LogP contribution in [-0.4, -0.2) is 46.4 Å². The molecule has 1 aliphatic heterocycles. The third kappa shape index (κ3) is 2.99. The summed E-state index contributed by atoms with van der Waals surface area (Å²) in [5.74, 6) is -1.62. The third-order valence-corrected chi connectivity index (χ3v) is 3.04. The fraction of sp³-hybridized carbons (Fsp3) is 0.417. The van der Waals surface area contributed by atoms with E-state index in [0.29, 0.717) is 6.07 Å². The molecule has 2 amide bonds. The molecular formula is C12H14F2N2O3. The van der Waals surface area contributed by atoms with Crippen molar-refractivity contribution in [3.63, 3.8) is 0 Å². The average molecular weight is 272 g/mol. The molecule has 0 radical (unpaired) electrons. The predicted octanol–water partition coefficient (Wildman–Crippen LogP) is 0.924. The minimum absolute atomic E-state index is 0.0693. The molecule has 104 valence electrons. The number of aliphatic hydroxyl groups is 2. The van der Waals surface area contributed by atoms with Crippen molar-refractivity contribution in [2.24, 2.45) is 0 Å². The Morgan fingerprint density at radius 2 is 2.21 bits per heavy atom. The standard InChI is InChI=1S/C12H14F2N2O3/c13-7-1-2-11(10(14)3-7)15-12(19)16-5-9(18)4-8(16)6-17/h1-3,8-9,17-18H,4-6H2,(H,15,19). The maximum Gasteiger partial charge on any atom is 0.322 e. The number of likely N-dealkylation sites (tertiary alicyclic amines) is 1. The van der Waals surface area contributed by atoms with Crippen molar-refractivity contribution in [3.8, 4) is 0 Å². The molecule has 1 aromatic rings. The Morgan fingerprint density at radius 1 is 1.47 bits per heavy atom. The van der Waals surface area contributed by atoms with E-state index in [1.54, 1.807) is 0 Å². The van der Waals surface area contributed by atoms with Crippen LogP contribution >= 0.6 is 0 Å². The first-order chi connectivity index (χ1) is 9.01. The van der Waals surface area contributed by atoms with Crippen molar-refractivity contribution >= 4 is 11.7 Å². The van der Waals surface area contributed by atoms with Crippen LogP contribution in [0.1, 0.15) is 6.42 Å². The molecule has 2 rings (SSSR count). The molecule has 0 bridgehead atoms. The number of anilines is 1. The predicted molar refractivity (Wildman–Crippen MR) is 63.6 cm³/mol. The van der Waals surface area contributed by atoms with Gasteiger partial charge >= 0.3 is 6.03 Å². The summed E-state index contributed by atoms with van der Waals surface area (Å²) in [4.78, 5) is 13.1. The second-order valence-electron chi connectivity index (χ2n) is 4.43. The van der Waals surface area contributed by atoms with Gasteiger partial charge in [-0.25, -0.2) is 13.6 Å². The van der Waals surface area contributed by atoms with Crippen LogP contribution in [0.4, 0.5) is 19.3 Å². The number of amides is 2. The van der Waals surface area contributed by atoms with E-state index in [-0.39, 0.29) is 25.3 Å². The molecule has 5 nitrogen and oxygen atoms in total. The summed E-state index contributed by atoms with van der Waals surface area (Å²) in [5.41, 5.74) is -0.149. The van der Waals surface area contributed by atoms with E-state index in [2.05, 4.69) is 5.32 Å². The molecule has 0 aliphatic carbocycles. The van der Waals surface area contributed by atoms with Crippen LogP contribution in [0.2, 0.25) is 0 Å². The molecule has 1 aliphatic rings. The number of rotatable bonds is 2. The lowest BCUT2D eigenvalue weighted by Crippen LogP contribution is -2.41. The lowest BCUT2D eigenvalue weighted by molar-refractivity contribution is 0.164. The number of carbonyl (C=O) groups is 1. The highest BCUT2D eigenvalue weighted by atomic mass is 19.1. The van der Waals surface area contributed by atoms with E-state index >= 15 is 0 Å². The highest BCUT2D eigenvalue weighted by Crippen LogP contribution is 2.20. The number of hydrogen-bond acceptors (Lipinski definition) is 3. The number of aliphatic hydroxyl groups excluding tert-OH is 2. The zero-order valence-electron chi connectivity index (χ0n) is 10.0. The molecular weight excluding hydrogens is 258 g/mol. The lowest BCUT2D eigenvalue weighted by atomic mass is 10.2. The molecule has 1 aromatic carbocycles. The SMILES string of the molecule is O=C(Nc1ccc(F)cc1F)N1CC(O)CC1CO. The van der Waals surface area contributed by atoms with Crippen LogP contribution in [-0.2, 0) is 0 Å². The van der Waals surface area contributed by atoms with E-state index in [9.17, 15) is 18.7 Å². The van der Waals surface area contributed by atoms with Gasteiger partial charge in [-0.15, -0.1) is 0 Å². The molecule has 7 heteroatoms. The van der Waals surface area contributed by atoms with Crippen molar-refractivity contribution in [2.75, 3.05) is 18.5 Å². The van der Waals surface area contributed by atoms with Crippen molar-refractivity contribution in [1.29, 1.82) is 0 Å². The number of nitrogens with one attached hydrogen (secondary N) is 1. The topological polar surface area (TPSA) is 72.8 Å². The number of hydrogen-bond donors (Lipinski definition) is 3. The Morgan fingerprint density at radius 3 is 2.84 bits per heavy atom. The summed E-state index contributed by atoms with van der Waals surface area (Å²) in [6.07, 6.45) is -0.434. The highest BCUT2D eigenvalue weighted by Gasteiger charge is 2.34. The van der Waals surface area contributed by atoms with E-state index in [1.807, 2.05) is 0 Å². The van der Waals surface area contributed by atoms with Gasteiger partial charge in [-0.05, 0) is 18.6 Å². The van der Waals surface area contributed by atoms with Gasteiger partial charge in [-0.3, -0.25) is 0 Å². The molecule has 1 heterocycles. The second-order valence-corrected chi connectivity index (χ2v) is 4.43. The Hall–Kier alpha value is -1.73. The number of urea groups is 1. The van der Waals surface area contributed by atoms with Gasteiger partial charge in [0.2, 0.25) is 0 Å². The largest absolute Gasteiger partial charge is 0.394 e. The van der Waals surface area contributed by atoms with Gasteiger partial charge in [0, 0.05) is 12.6 Å². The van der Waals surface area contributed by atoms with Gasteiger partial charge in [-0.1, -0.05) is 0 Å². The second kappa shape index (κ2) is 5.50. The molecule has 0 spiro atoms. The van der Waals surface area contributed by atoms with Crippen LogP contribution in [0, 0.1) is 11.6 Å². The van der Waals surface area contributed by atoms with Crippen molar-refractivity contribution in [3.05, 3.63) is 29.8 Å². The zero-order chi connectivity index (χ0) is 14.0. The monoisotopic (exact) mass is 272 g/mol. The summed E-state index contributed by atoms with van der Waals surface area (Å²) in [6.45, 7) is -0.212. The van der Waals surface area contributed by atoms with Gasteiger partial charge in [0.15, 0.2) is 0 Å². The summed E-state index contributed by atoms with van der Waals surface area (Å²) >= 11 is 0. The molecule has 0 saturated carbocycles. The molecule has 1 fully saturated rings. The average Bonchev–Trinajstić information content (AvgIpc) is 2.74. The van der Waals surface area contributed by atoms with Crippen LogP contribution in [0.15, 0.2) is 18.2 Å². The fourth-order valence-corrected chi connectivity index (χ4v) is 2.09. The molecule has 19 heavy (non-hydrogen) atoms. The van der Waals surface area contributed by atoms with E-state index in [1.165, 1.54) is 4.90 Å². The van der Waals surface area contributed by atoms with E-state index < -0.39 is 29.8 Å². The fourth-order valence-electron chi connectivity index (χ4n) is 2.09. The van der Waals surface area contributed by atoms with Gasteiger partial charge < -0.3 is 20.4 Å². The molecule has 1 saturated heterocycles. The van der Waals surface area contributed by atoms with Crippen molar-refractivity contribution < 1.29 is 23.8 Å².